The van der Waals surface area contributed by atoms with Gasteiger partial charge in [-0.3, -0.25) is 0 Å². The Bertz CT molecular complexity index is 324. The second-order valence-corrected chi connectivity index (χ2v) is 4.73. The van der Waals surface area contributed by atoms with Gasteiger partial charge in [-0.05, 0) is 51.4 Å². The third kappa shape index (κ3) is 5.52. The van der Waals surface area contributed by atoms with E-state index in [9.17, 15) is 5.11 Å². The van der Waals surface area contributed by atoms with Gasteiger partial charge < -0.3 is 14.7 Å². The maximum atomic E-state index is 9.22. The molecule has 102 valence electrons. The number of phenols is 1. The van der Waals surface area contributed by atoms with Gasteiger partial charge in [-0.15, -0.1) is 0 Å². The molecule has 0 aliphatic heterocycles. The molecule has 18 heavy (non-hydrogen) atoms. The Morgan fingerprint density at radius 1 is 1.28 bits per heavy atom. The molecule has 0 fully saturated rings. The molecule has 0 heterocycles. The zero-order valence-corrected chi connectivity index (χ0v) is 11.7. The van der Waals surface area contributed by atoms with Crippen molar-refractivity contribution in [3.8, 4) is 5.75 Å². The predicted molar refractivity (Wildman–Crippen MR) is 75.0 cm³/mol. The van der Waals surface area contributed by atoms with Crippen molar-refractivity contribution in [3.63, 3.8) is 0 Å². The van der Waals surface area contributed by atoms with Crippen molar-refractivity contribution in [1.82, 2.24) is 4.90 Å². The molecule has 1 aromatic rings. The maximum Gasteiger partial charge on any atom is 0.115 e. The van der Waals surface area contributed by atoms with Gasteiger partial charge in [0.15, 0.2) is 0 Å². The van der Waals surface area contributed by atoms with Gasteiger partial charge in [0, 0.05) is 19.2 Å². The van der Waals surface area contributed by atoms with Crippen LogP contribution in [-0.2, 0) is 11.2 Å². The first-order valence-corrected chi connectivity index (χ1v) is 6.69. The Labute approximate surface area is 110 Å². The number of aromatic hydroxyl groups is 1. The molecule has 0 bridgehead atoms. The molecule has 0 spiro atoms. The number of phenolic OH excluding ortho intramolecular Hbond substituents is 1. The van der Waals surface area contributed by atoms with Gasteiger partial charge in [0.05, 0.1) is 6.61 Å². The van der Waals surface area contributed by atoms with E-state index in [2.05, 4.69) is 18.9 Å². The predicted octanol–water partition coefficient (Wildman–Crippen LogP) is 2.68. The first-order chi connectivity index (χ1) is 8.63. The standard InChI is InChI=1S/C15H25NO2/c1-4-18-12-11-16(3)13(2)5-6-14-7-9-15(17)10-8-14/h7-10,13,17H,4-6,11-12H2,1-3H3. The van der Waals surface area contributed by atoms with E-state index in [1.807, 2.05) is 19.1 Å². The van der Waals surface area contributed by atoms with E-state index in [0.29, 0.717) is 11.8 Å². The molecule has 1 unspecified atom stereocenters. The minimum Gasteiger partial charge on any atom is -0.508 e. The minimum absolute atomic E-state index is 0.334. The Morgan fingerprint density at radius 3 is 2.56 bits per heavy atom. The quantitative estimate of drug-likeness (QED) is 0.721. The summed E-state index contributed by atoms with van der Waals surface area (Å²) in [4.78, 5) is 2.33. The van der Waals surface area contributed by atoms with Crippen molar-refractivity contribution in [3.05, 3.63) is 29.8 Å². The van der Waals surface area contributed by atoms with Gasteiger partial charge in [0.2, 0.25) is 0 Å². The van der Waals surface area contributed by atoms with E-state index < -0.39 is 0 Å². The van der Waals surface area contributed by atoms with Gasteiger partial charge in [-0.1, -0.05) is 12.1 Å². The number of benzene rings is 1. The van der Waals surface area contributed by atoms with Gasteiger partial charge in [0.25, 0.3) is 0 Å². The van der Waals surface area contributed by atoms with Crippen LogP contribution in [0.2, 0.25) is 0 Å². The summed E-state index contributed by atoms with van der Waals surface area (Å²) in [5.74, 6) is 0.334. The highest BCUT2D eigenvalue weighted by molar-refractivity contribution is 5.25. The number of ether oxygens (including phenoxy) is 1. The summed E-state index contributed by atoms with van der Waals surface area (Å²) in [6, 6.07) is 8.02. The van der Waals surface area contributed by atoms with E-state index in [0.717, 1.165) is 32.6 Å². The molecule has 0 saturated heterocycles. The van der Waals surface area contributed by atoms with E-state index in [-0.39, 0.29) is 0 Å². The van der Waals surface area contributed by atoms with Gasteiger partial charge >= 0.3 is 0 Å². The lowest BCUT2D eigenvalue weighted by Crippen LogP contribution is -2.32. The molecule has 0 aromatic heterocycles. The molecule has 3 heteroatoms. The van der Waals surface area contributed by atoms with Crippen LogP contribution in [-0.4, -0.2) is 42.9 Å². The topological polar surface area (TPSA) is 32.7 Å². The van der Waals surface area contributed by atoms with Gasteiger partial charge in [-0.25, -0.2) is 0 Å². The SMILES string of the molecule is CCOCCN(C)C(C)CCc1ccc(O)cc1. The normalized spacial score (nSPS) is 12.9. The number of nitrogens with zero attached hydrogens (tertiary/aromatic N) is 1. The second-order valence-electron chi connectivity index (χ2n) is 4.73. The Balaban J connectivity index is 2.27. The minimum atomic E-state index is 0.334. The van der Waals surface area contributed by atoms with Crippen LogP contribution in [0.15, 0.2) is 24.3 Å². The summed E-state index contributed by atoms with van der Waals surface area (Å²) >= 11 is 0. The average molecular weight is 251 g/mol. The summed E-state index contributed by atoms with van der Waals surface area (Å²) in [6.45, 7) is 6.83. The average Bonchev–Trinajstić information content (AvgIpc) is 2.38. The monoisotopic (exact) mass is 251 g/mol. The van der Waals surface area contributed by atoms with Crippen LogP contribution in [0.3, 0.4) is 0 Å². The summed E-state index contributed by atoms with van der Waals surface area (Å²) in [7, 11) is 2.14. The van der Waals surface area contributed by atoms with Gasteiger partial charge in [0.1, 0.15) is 5.75 Å². The fourth-order valence-corrected chi connectivity index (χ4v) is 1.83. The summed E-state index contributed by atoms with van der Waals surface area (Å²) in [5, 5.41) is 9.22. The van der Waals surface area contributed by atoms with Crippen molar-refractivity contribution < 1.29 is 9.84 Å². The maximum absolute atomic E-state index is 9.22. The highest BCUT2D eigenvalue weighted by atomic mass is 16.5. The molecule has 0 radical (unpaired) electrons. The zero-order chi connectivity index (χ0) is 13.4. The molecule has 1 atom stereocenters. The fraction of sp³-hybridized carbons (Fsp3) is 0.600. The van der Waals surface area contributed by atoms with E-state index in [1.54, 1.807) is 12.1 Å². The first kappa shape index (κ1) is 15.0. The summed E-state index contributed by atoms with van der Waals surface area (Å²) in [6.07, 6.45) is 2.16. The molecule has 0 aliphatic carbocycles. The number of likely N-dealkylation sites (N-methyl/N-ethyl adjacent to an activating group) is 1. The number of aryl methyl sites for hydroxylation is 1. The molecule has 3 nitrogen and oxygen atoms in total. The van der Waals surface area contributed by atoms with Crippen molar-refractivity contribution in [2.45, 2.75) is 32.7 Å². The second kappa shape index (κ2) is 8.11. The van der Waals surface area contributed by atoms with E-state index in [1.165, 1.54) is 5.56 Å². The molecule has 1 rings (SSSR count). The van der Waals surface area contributed by atoms with Crippen LogP contribution in [0.1, 0.15) is 25.8 Å². The van der Waals surface area contributed by atoms with Crippen molar-refractivity contribution in [1.29, 1.82) is 0 Å². The van der Waals surface area contributed by atoms with Crippen LogP contribution in [0.25, 0.3) is 0 Å². The van der Waals surface area contributed by atoms with Crippen molar-refractivity contribution in [2.24, 2.45) is 0 Å². The van der Waals surface area contributed by atoms with E-state index >= 15 is 0 Å². The lowest BCUT2D eigenvalue weighted by atomic mass is 10.1. The van der Waals surface area contributed by atoms with Crippen LogP contribution in [0, 0.1) is 0 Å². The lowest BCUT2D eigenvalue weighted by Gasteiger charge is -2.24. The molecule has 1 N–H and O–H groups in total. The van der Waals surface area contributed by atoms with Gasteiger partial charge in [-0.2, -0.15) is 0 Å². The van der Waals surface area contributed by atoms with Crippen LogP contribution < -0.4 is 0 Å². The van der Waals surface area contributed by atoms with Crippen LogP contribution in [0.5, 0.6) is 5.75 Å². The van der Waals surface area contributed by atoms with E-state index in [4.69, 9.17) is 4.74 Å². The lowest BCUT2D eigenvalue weighted by molar-refractivity contribution is 0.108. The summed E-state index contributed by atoms with van der Waals surface area (Å²) in [5.41, 5.74) is 1.28. The fourth-order valence-electron chi connectivity index (χ4n) is 1.83. The molecular weight excluding hydrogens is 226 g/mol. The molecule has 0 amide bonds. The largest absolute Gasteiger partial charge is 0.508 e. The Hall–Kier alpha value is -1.06. The molecule has 1 aromatic carbocycles. The first-order valence-electron chi connectivity index (χ1n) is 6.69. The molecule has 0 saturated carbocycles. The van der Waals surface area contributed by atoms with Crippen molar-refractivity contribution >= 4 is 0 Å². The number of hydrogen-bond acceptors (Lipinski definition) is 3. The third-order valence-corrected chi connectivity index (χ3v) is 3.33. The third-order valence-electron chi connectivity index (χ3n) is 3.33. The van der Waals surface area contributed by atoms with Crippen LogP contribution in [0.4, 0.5) is 0 Å². The highest BCUT2D eigenvalue weighted by Crippen LogP contribution is 2.13. The summed E-state index contributed by atoms with van der Waals surface area (Å²) < 4.78 is 5.36. The Kier molecular flexibility index (Phi) is 6.76. The number of rotatable bonds is 8. The molecular formula is C15H25NO2. The van der Waals surface area contributed by atoms with Crippen molar-refractivity contribution in [2.75, 3.05) is 26.8 Å². The Morgan fingerprint density at radius 2 is 1.94 bits per heavy atom. The van der Waals surface area contributed by atoms with Crippen LogP contribution >= 0.6 is 0 Å². The smallest absolute Gasteiger partial charge is 0.115 e. The zero-order valence-electron chi connectivity index (χ0n) is 11.7. The number of hydrogen-bond donors (Lipinski definition) is 1. The highest BCUT2D eigenvalue weighted by Gasteiger charge is 2.08. The molecule has 0 aliphatic rings.